The van der Waals surface area contributed by atoms with Crippen LogP contribution in [0.4, 0.5) is 0 Å². The first-order valence-electron chi connectivity index (χ1n) is 4.92. The van der Waals surface area contributed by atoms with Gasteiger partial charge in [0, 0.05) is 32.3 Å². The summed E-state index contributed by atoms with van der Waals surface area (Å²) in [6.07, 6.45) is 0. The van der Waals surface area contributed by atoms with E-state index in [-0.39, 0.29) is 5.41 Å². The fourth-order valence-electron chi connectivity index (χ4n) is 1.41. The molecular formula is C9H20O4Si. The smallest absolute Gasteiger partial charge is 0.380 e. The standard InChI is InChI=1S/C9H20O4Si/c1-5-14(10-3,11-4)13-8-9(2)6-12-7-9/h5-8H2,1-4H3. The van der Waals surface area contributed by atoms with Crippen molar-refractivity contribution in [2.24, 2.45) is 5.41 Å². The lowest BCUT2D eigenvalue weighted by atomic mass is 9.90. The Morgan fingerprint density at radius 1 is 1.29 bits per heavy atom. The van der Waals surface area contributed by atoms with E-state index in [4.69, 9.17) is 18.0 Å². The van der Waals surface area contributed by atoms with Crippen molar-refractivity contribution in [1.29, 1.82) is 0 Å². The van der Waals surface area contributed by atoms with Gasteiger partial charge in [0.05, 0.1) is 13.2 Å². The maximum absolute atomic E-state index is 5.80. The van der Waals surface area contributed by atoms with Crippen LogP contribution in [0.2, 0.25) is 6.04 Å². The highest BCUT2D eigenvalue weighted by atomic mass is 28.4. The molecular weight excluding hydrogens is 200 g/mol. The van der Waals surface area contributed by atoms with E-state index in [2.05, 4.69) is 6.92 Å². The minimum absolute atomic E-state index is 0.157. The number of rotatable bonds is 6. The van der Waals surface area contributed by atoms with Crippen LogP contribution in [0.3, 0.4) is 0 Å². The second kappa shape index (κ2) is 4.72. The molecule has 0 atom stereocenters. The monoisotopic (exact) mass is 220 g/mol. The van der Waals surface area contributed by atoms with Crippen LogP contribution in [0.25, 0.3) is 0 Å². The zero-order valence-electron chi connectivity index (χ0n) is 9.46. The Bertz CT molecular complexity index is 169. The summed E-state index contributed by atoms with van der Waals surface area (Å²) in [7, 11) is 0.938. The van der Waals surface area contributed by atoms with Crippen LogP contribution in [0.1, 0.15) is 13.8 Å². The molecule has 1 saturated heterocycles. The number of hydrogen-bond donors (Lipinski definition) is 0. The summed E-state index contributed by atoms with van der Waals surface area (Å²) in [6.45, 7) is 6.38. The molecule has 14 heavy (non-hydrogen) atoms. The maximum Gasteiger partial charge on any atom is 0.500 e. The molecule has 0 spiro atoms. The highest BCUT2D eigenvalue weighted by Crippen LogP contribution is 2.28. The van der Waals surface area contributed by atoms with Gasteiger partial charge in [-0.25, -0.2) is 0 Å². The SMILES string of the molecule is CC[Si](OC)(OC)OCC1(C)COC1. The van der Waals surface area contributed by atoms with E-state index < -0.39 is 8.80 Å². The molecule has 0 N–H and O–H groups in total. The highest BCUT2D eigenvalue weighted by Gasteiger charge is 2.42. The van der Waals surface area contributed by atoms with Crippen LogP contribution >= 0.6 is 0 Å². The van der Waals surface area contributed by atoms with E-state index in [1.807, 2.05) is 6.92 Å². The summed E-state index contributed by atoms with van der Waals surface area (Å²) in [6, 6.07) is 0.803. The van der Waals surface area contributed by atoms with Crippen molar-refractivity contribution in [2.45, 2.75) is 19.9 Å². The van der Waals surface area contributed by atoms with Crippen molar-refractivity contribution >= 4 is 8.80 Å². The zero-order chi connectivity index (χ0) is 10.7. The Morgan fingerprint density at radius 2 is 1.86 bits per heavy atom. The Kier molecular flexibility index (Phi) is 4.09. The van der Waals surface area contributed by atoms with Gasteiger partial charge < -0.3 is 18.0 Å². The molecule has 0 aromatic carbocycles. The third kappa shape index (κ3) is 2.55. The van der Waals surface area contributed by atoms with E-state index in [1.54, 1.807) is 14.2 Å². The van der Waals surface area contributed by atoms with E-state index in [1.165, 1.54) is 0 Å². The van der Waals surface area contributed by atoms with Crippen LogP contribution in [0.5, 0.6) is 0 Å². The van der Waals surface area contributed by atoms with Crippen molar-refractivity contribution in [3.8, 4) is 0 Å². The van der Waals surface area contributed by atoms with Gasteiger partial charge in [-0.3, -0.25) is 0 Å². The molecule has 1 rings (SSSR count). The summed E-state index contributed by atoms with van der Waals surface area (Å²) >= 11 is 0. The first kappa shape index (κ1) is 12.1. The molecule has 1 fully saturated rings. The topological polar surface area (TPSA) is 36.9 Å². The predicted molar refractivity (Wildman–Crippen MR) is 55.1 cm³/mol. The molecule has 0 amide bonds. The van der Waals surface area contributed by atoms with Gasteiger partial charge in [0.2, 0.25) is 0 Å². The van der Waals surface area contributed by atoms with Gasteiger partial charge in [0.25, 0.3) is 0 Å². The van der Waals surface area contributed by atoms with Gasteiger partial charge in [0.15, 0.2) is 0 Å². The minimum atomic E-state index is -2.37. The summed E-state index contributed by atoms with van der Waals surface area (Å²) in [5.74, 6) is 0. The van der Waals surface area contributed by atoms with Crippen molar-refractivity contribution < 1.29 is 18.0 Å². The highest BCUT2D eigenvalue weighted by molar-refractivity contribution is 6.60. The predicted octanol–water partition coefficient (Wildman–Crippen LogP) is 1.29. The molecule has 0 saturated carbocycles. The van der Waals surface area contributed by atoms with Gasteiger partial charge >= 0.3 is 8.80 Å². The Labute approximate surface area is 86.9 Å². The Morgan fingerprint density at radius 3 is 2.14 bits per heavy atom. The van der Waals surface area contributed by atoms with E-state index in [9.17, 15) is 0 Å². The molecule has 0 aliphatic carbocycles. The molecule has 84 valence electrons. The van der Waals surface area contributed by atoms with Gasteiger partial charge in [-0.2, -0.15) is 0 Å². The Hall–Kier alpha value is 0.0569. The lowest BCUT2D eigenvalue weighted by Crippen LogP contribution is -2.50. The molecule has 0 bridgehead atoms. The second-order valence-electron chi connectivity index (χ2n) is 4.04. The largest absolute Gasteiger partial charge is 0.500 e. The molecule has 0 aromatic rings. The molecule has 0 unspecified atom stereocenters. The van der Waals surface area contributed by atoms with Crippen molar-refractivity contribution in [3.63, 3.8) is 0 Å². The molecule has 1 heterocycles. The van der Waals surface area contributed by atoms with Crippen molar-refractivity contribution in [2.75, 3.05) is 34.0 Å². The molecule has 0 aromatic heterocycles. The van der Waals surface area contributed by atoms with Crippen LogP contribution in [0, 0.1) is 5.41 Å². The molecule has 4 nitrogen and oxygen atoms in total. The van der Waals surface area contributed by atoms with Gasteiger partial charge in [-0.1, -0.05) is 13.8 Å². The second-order valence-corrected chi connectivity index (χ2v) is 7.22. The van der Waals surface area contributed by atoms with Gasteiger partial charge in [-0.15, -0.1) is 0 Å². The minimum Gasteiger partial charge on any atom is -0.380 e. The third-order valence-electron chi connectivity index (χ3n) is 2.60. The lowest BCUT2D eigenvalue weighted by molar-refractivity contribution is -0.129. The molecule has 0 radical (unpaired) electrons. The average Bonchev–Trinajstić information content (AvgIpc) is 2.18. The normalized spacial score (nSPS) is 20.6. The summed E-state index contributed by atoms with van der Waals surface area (Å²) < 4.78 is 21.7. The average molecular weight is 220 g/mol. The fraction of sp³-hybridized carbons (Fsp3) is 1.00. The summed E-state index contributed by atoms with van der Waals surface area (Å²) in [5.41, 5.74) is 0.157. The van der Waals surface area contributed by atoms with E-state index in [0.717, 1.165) is 19.3 Å². The molecule has 1 aliphatic heterocycles. The maximum atomic E-state index is 5.80. The van der Waals surface area contributed by atoms with E-state index >= 15 is 0 Å². The number of ether oxygens (including phenoxy) is 1. The fourth-order valence-corrected chi connectivity index (χ4v) is 3.16. The summed E-state index contributed by atoms with van der Waals surface area (Å²) in [4.78, 5) is 0. The van der Waals surface area contributed by atoms with Crippen molar-refractivity contribution in [1.82, 2.24) is 0 Å². The van der Waals surface area contributed by atoms with Crippen LogP contribution in [-0.4, -0.2) is 42.8 Å². The quantitative estimate of drug-likeness (QED) is 0.632. The third-order valence-corrected chi connectivity index (χ3v) is 5.29. The van der Waals surface area contributed by atoms with Crippen molar-refractivity contribution in [3.05, 3.63) is 0 Å². The molecule has 5 heteroatoms. The first-order chi connectivity index (χ1) is 6.60. The summed E-state index contributed by atoms with van der Waals surface area (Å²) in [5, 5.41) is 0. The van der Waals surface area contributed by atoms with E-state index in [0.29, 0.717) is 6.61 Å². The molecule has 1 aliphatic rings. The lowest BCUT2D eigenvalue weighted by Gasteiger charge is -2.39. The zero-order valence-corrected chi connectivity index (χ0v) is 10.5. The van der Waals surface area contributed by atoms with Crippen LogP contribution in [-0.2, 0) is 18.0 Å². The first-order valence-corrected chi connectivity index (χ1v) is 6.85. The van der Waals surface area contributed by atoms with Gasteiger partial charge in [0.1, 0.15) is 0 Å². The van der Waals surface area contributed by atoms with Crippen LogP contribution in [0.15, 0.2) is 0 Å². The van der Waals surface area contributed by atoms with Gasteiger partial charge in [-0.05, 0) is 0 Å². The van der Waals surface area contributed by atoms with Crippen LogP contribution < -0.4 is 0 Å². The number of hydrogen-bond acceptors (Lipinski definition) is 4. The Balaban J connectivity index is 2.39.